The second kappa shape index (κ2) is 16.0. The van der Waals surface area contributed by atoms with Gasteiger partial charge in [0.25, 0.3) is 0 Å². The van der Waals surface area contributed by atoms with Crippen LogP contribution in [0, 0.1) is 30.6 Å². The van der Waals surface area contributed by atoms with Crippen molar-refractivity contribution in [3.63, 3.8) is 0 Å². The average Bonchev–Trinajstić information content (AvgIpc) is 1.25. The zero-order chi connectivity index (χ0) is 7.15. The van der Waals surface area contributed by atoms with Crippen LogP contribution in [0.2, 0.25) is 0 Å². The first-order valence-electron chi connectivity index (χ1n) is 1.10. The summed E-state index contributed by atoms with van der Waals surface area (Å²) in [4.78, 5) is 16.5. The van der Waals surface area contributed by atoms with Crippen molar-refractivity contribution in [2.75, 3.05) is 0 Å². The molecule has 0 saturated heterocycles. The second-order valence-corrected chi connectivity index (χ2v) is 0.447. The third kappa shape index (κ3) is 152000. The maximum atomic E-state index is 8.25. The van der Waals surface area contributed by atoms with Crippen molar-refractivity contribution in [3.05, 3.63) is 30.6 Å². The number of nitrogens with zero attached hydrogens (tertiary/aromatic N) is 2. The molecule has 0 saturated carbocycles. The van der Waals surface area contributed by atoms with Crippen LogP contribution in [0.4, 0.5) is 0 Å². The minimum absolute atomic E-state index is 0. The second-order valence-electron chi connectivity index (χ2n) is 0.447. The van der Waals surface area contributed by atoms with Crippen molar-refractivity contribution in [1.82, 2.24) is 0 Å². The first-order chi connectivity index (χ1) is 3.46. The van der Waals surface area contributed by atoms with E-state index in [1.165, 1.54) is 0 Å². The van der Waals surface area contributed by atoms with Gasteiger partial charge in [-0.05, 0) is 0 Å². The monoisotopic (exact) mass is 200 g/mol. The van der Waals surface area contributed by atoms with Gasteiger partial charge in [-0.25, -0.2) is 0 Å². The van der Waals surface area contributed by atoms with E-state index in [1.807, 2.05) is 0 Å². The van der Waals surface area contributed by atoms with Crippen molar-refractivity contribution in [2.24, 2.45) is 0 Å². The smallest absolute Gasteiger partial charge is 0.356 e. The van der Waals surface area contributed by atoms with Crippen molar-refractivity contribution in [1.29, 1.82) is 0 Å². The van der Waals surface area contributed by atoms with Gasteiger partial charge in [-0.3, -0.25) is 0 Å². The molecule has 0 atom stereocenters. The Morgan fingerprint density at radius 3 is 0.800 bits per heavy atom. The fraction of sp³-hybridized carbons (Fsp3) is 0. The van der Waals surface area contributed by atoms with E-state index in [2.05, 4.69) is 0 Å². The molecule has 0 aromatic carbocycles. The van der Waals surface area contributed by atoms with Crippen LogP contribution in [0.25, 0.3) is 0 Å². The summed E-state index contributed by atoms with van der Waals surface area (Å²) in [7, 11) is 0. The molecule has 0 aromatic heterocycles. The molecule has 10 heavy (non-hydrogen) atoms. The standard InChI is InChI=1S/Ca.ClH.2NO3/c;;2*2-1(3)4/h;1H;;/q+2;;2*-1. The molecule has 0 aliphatic carbocycles. The van der Waals surface area contributed by atoms with Crippen LogP contribution >= 0.6 is 12.4 Å². The van der Waals surface area contributed by atoms with Crippen LogP contribution in [-0.2, 0) is 0 Å². The number of rotatable bonds is 0. The van der Waals surface area contributed by atoms with Gasteiger partial charge in [0, 0.05) is 0 Å². The Kier molecular flexibility index (Phi) is 36.0. The Hall–Kier alpha value is -0.0503. The first kappa shape index (κ1) is 22.5. The van der Waals surface area contributed by atoms with E-state index < -0.39 is 10.2 Å². The van der Waals surface area contributed by atoms with Crippen molar-refractivity contribution < 1.29 is 10.2 Å². The summed E-state index contributed by atoms with van der Waals surface area (Å²) in [6.07, 6.45) is 0. The predicted octanol–water partition coefficient (Wildman–Crippen LogP) is -0.437. The number of halogens is 1. The van der Waals surface area contributed by atoms with E-state index in [9.17, 15) is 0 Å². The molecule has 8 nitrogen and oxygen atoms in total. The van der Waals surface area contributed by atoms with Gasteiger partial charge in [-0.2, -0.15) is 0 Å². The maximum Gasteiger partial charge on any atom is 2.00 e. The van der Waals surface area contributed by atoms with Gasteiger partial charge in [0.05, 0.1) is 10.2 Å². The largest absolute Gasteiger partial charge is 2.00 e. The van der Waals surface area contributed by atoms with Crippen molar-refractivity contribution in [2.45, 2.75) is 0 Å². The van der Waals surface area contributed by atoms with Crippen LogP contribution in [0.15, 0.2) is 0 Å². The van der Waals surface area contributed by atoms with Crippen molar-refractivity contribution >= 4 is 50.1 Å². The molecule has 0 aliphatic heterocycles. The Bertz CT molecular complexity index is 73.7. The van der Waals surface area contributed by atoms with Crippen LogP contribution < -0.4 is 0 Å². The zero-order valence-corrected chi connectivity index (χ0v) is 7.48. The molecule has 0 unspecified atom stereocenters. The summed E-state index contributed by atoms with van der Waals surface area (Å²) >= 11 is 0. The van der Waals surface area contributed by atoms with E-state index in [-0.39, 0.29) is 50.1 Å². The molecule has 0 aliphatic rings. The van der Waals surface area contributed by atoms with Crippen molar-refractivity contribution in [3.8, 4) is 0 Å². The third-order valence-corrected chi connectivity index (χ3v) is 0. The van der Waals surface area contributed by atoms with Crippen LogP contribution in [0.3, 0.4) is 0 Å². The molecule has 0 aromatic rings. The van der Waals surface area contributed by atoms with Crippen LogP contribution in [0.5, 0.6) is 0 Å². The molecule has 10 heteroatoms. The minimum Gasteiger partial charge on any atom is -0.356 e. The third-order valence-electron chi connectivity index (χ3n) is 0. The van der Waals surface area contributed by atoms with Gasteiger partial charge in [0.15, 0.2) is 0 Å². The Morgan fingerprint density at radius 1 is 0.800 bits per heavy atom. The molecular weight excluding hydrogens is 200 g/mol. The molecule has 0 rings (SSSR count). The summed E-state index contributed by atoms with van der Waals surface area (Å²) in [5.74, 6) is 0. The quantitative estimate of drug-likeness (QED) is 0.296. The first-order valence-corrected chi connectivity index (χ1v) is 1.10. The molecule has 0 N–H and O–H groups in total. The maximum absolute atomic E-state index is 8.25. The molecule has 0 fully saturated rings. The number of hydrogen-bond donors (Lipinski definition) is 0. The topological polar surface area (TPSA) is 132 Å². The fourth-order valence-corrected chi connectivity index (χ4v) is 0. The summed E-state index contributed by atoms with van der Waals surface area (Å²) in [5.41, 5.74) is 0. The zero-order valence-electron chi connectivity index (χ0n) is 4.46. The summed E-state index contributed by atoms with van der Waals surface area (Å²) in [5, 5.41) is 29.5. The molecule has 0 spiro atoms. The van der Waals surface area contributed by atoms with Crippen LogP contribution in [-0.4, -0.2) is 47.9 Å². The van der Waals surface area contributed by atoms with Gasteiger partial charge in [0.2, 0.25) is 0 Å². The predicted molar refractivity (Wildman–Crippen MR) is 33.7 cm³/mol. The van der Waals surface area contributed by atoms with E-state index in [0.717, 1.165) is 0 Å². The SMILES string of the molecule is Cl.O=[N+]([O-])[O-].O=[N+]([O-])[O-].[Ca+2]. The molecule has 0 amide bonds. The van der Waals surface area contributed by atoms with E-state index in [0.29, 0.717) is 0 Å². The van der Waals surface area contributed by atoms with Gasteiger partial charge in [-0.15, -0.1) is 12.4 Å². The summed E-state index contributed by atoms with van der Waals surface area (Å²) in [6, 6.07) is 0. The van der Waals surface area contributed by atoms with Gasteiger partial charge in [0.1, 0.15) is 0 Å². The van der Waals surface area contributed by atoms with Gasteiger partial charge < -0.3 is 30.6 Å². The molecule has 0 bridgehead atoms. The minimum atomic E-state index is -1.75. The Balaban J connectivity index is -0.0000000300. The van der Waals surface area contributed by atoms with Gasteiger partial charge >= 0.3 is 37.7 Å². The van der Waals surface area contributed by atoms with E-state index >= 15 is 0 Å². The normalized spacial score (nSPS) is 4.80. The Morgan fingerprint density at radius 2 is 0.800 bits per heavy atom. The molecule has 56 valence electrons. The van der Waals surface area contributed by atoms with Gasteiger partial charge in [-0.1, -0.05) is 0 Å². The number of hydrogen-bond acceptors (Lipinski definition) is 6. The Labute approximate surface area is 90.5 Å². The summed E-state index contributed by atoms with van der Waals surface area (Å²) in [6.45, 7) is 0. The van der Waals surface area contributed by atoms with Crippen LogP contribution in [0.1, 0.15) is 0 Å². The average molecular weight is 201 g/mol. The van der Waals surface area contributed by atoms with E-state index in [4.69, 9.17) is 30.6 Å². The summed E-state index contributed by atoms with van der Waals surface area (Å²) < 4.78 is 0. The van der Waals surface area contributed by atoms with E-state index in [1.54, 1.807) is 0 Å². The molecular formula is HCaClN2O6. The molecule has 0 radical (unpaired) electrons. The molecule has 0 heterocycles. The fourth-order valence-electron chi connectivity index (χ4n) is 0.